The molecule has 24 heavy (non-hydrogen) atoms. The Labute approximate surface area is 140 Å². The Morgan fingerprint density at radius 2 is 1.54 bits per heavy atom. The molecule has 0 bridgehead atoms. The SMILES string of the molecule is CC(=NOCCOS(C)(=O)=O)c1ccc(-c2ccc(F)cc2)cc1. The van der Waals surface area contributed by atoms with Gasteiger partial charge in [-0.1, -0.05) is 41.6 Å². The lowest BCUT2D eigenvalue weighted by Crippen LogP contribution is -2.08. The molecule has 0 amide bonds. The Kier molecular flexibility index (Phi) is 6.05. The summed E-state index contributed by atoms with van der Waals surface area (Å²) in [5, 5.41) is 3.92. The molecule has 2 aromatic carbocycles. The third-order valence-electron chi connectivity index (χ3n) is 3.15. The van der Waals surface area contributed by atoms with Crippen molar-refractivity contribution in [1.82, 2.24) is 0 Å². The summed E-state index contributed by atoms with van der Waals surface area (Å²) in [5.41, 5.74) is 3.41. The van der Waals surface area contributed by atoms with Crippen LogP contribution in [0.4, 0.5) is 4.39 Å². The Bertz CT molecular complexity index is 799. The number of hydrogen-bond acceptors (Lipinski definition) is 5. The molecule has 0 aromatic heterocycles. The molecule has 0 heterocycles. The minimum atomic E-state index is -3.46. The number of benzene rings is 2. The molecule has 7 heteroatoms. The lowest BCUT2D eigenvalue weighted by atomic mass is 10.0. The van der Waals surface area contributed by atoms with E-state index in [1.165, 1.54) is 12.1 Å². The van der Waals surface area contributed by atoms with E-state index in [4.69, 9.17) is 4.84 Å². The van der Waals surface area contributed by atoms with Gasteiger partial charge < -0.3 is 4.84 Å². The third kappa shape index (κ3) is 5.75. The second-order valence-electron chi connectivity index (χ2n) is 5.12. The maximum atomic E-state index is 12.9. The van der Waals surface area contributed by atoms with Crippen LogP contribution in [-0.4, -0.2) is 33.6 Å². The molecule has 0 aliphatic heterocycles. The summed E-state index contributed by atoms with van der Waals surface area (Å²) >= 11 is 0. The first-order valence-corrected chi connectivity index (χ1v) is 9.04. The molecule has 0 aliphatic carbocycles. The van der Waals surface area contributed by atoms with Crippen LogP contribution in [0, 0.1) is 5.82 Å². The fourth-order valence-electron chi connectivity index (χ4n) is 1.96. The normalized spacial score (nSPS) is 12.2. The van der Waals surface area contributed by atoms with Crippen LogP contribution in [0.5, 0.6) is 0 Å². The zero-order chi connectivity index (χ0) is 17.6. The minimum Gasteiger partial charge on any atom is -0.393 e. The molecule has 0 unspecified atom stereocenters. The summed E-state index contributed by atoms with van der Waals surface area (Å²) < 4.78 is 39.0. The summed E-state index contributed by atoms with van der Waals surface area (Å²) in [6, 6.07) is 13.9. The van der Waals surface area contributed by atoms with Crippen molar-refractivity contribution < 1.29 is 21.8 Å². The predicted molar refractivity (Wildman–Crippen MR) is 90.8 cm³/mol. The van der Waals surface area contributed by atoms with E-state index in [1.54, 1.807) is 19.1 Å². The van der Waals surface area contributed by atoms with E-state index in [0.29, 0.717) is 5.71 Å². The van der Waals surface area contributed by atoms with Crippen LogP contribution in [0.3, 0.4) is 0 Å². The maximum absolute atomic E-state index is 12.9. The highest BCUT2D eigenvalue weighted by Crippen LogP contribution is 2.20. The first-order valence-electron chi connectivity index (χ1n) is 7.22. The van der Waals surface area contributed by atoms with Gasteiger partial charge in [-0.05, 0) is 35.7 Å². The molecule has 0 N–H and O–H groups in total. The summed E-state index contributed by atoms with van der Waals surface area (Å²) in [5.74, 6) is -0.268. The Balaban J connectivity index is 1.94. The van der Waals surface area contributed by atoms with Crippen molar-refractivity contribution in [3.8, 4) is 11.1 Å². The van der Waals surface area contributed by atoms with Crippen LogP contribution < -0.4 is 0 Å². The van der Waals surface area contributed by atoms with Crippen molar-refractivity contribution in [1.29, 1.82) is 0 Å². The molecule has 2 rings (SSSR count). The van der Waals surface area contributed by atoms with Crippen molar-refractivity contribution >= 4 is 15.8 Å². The van der Waals surface area contributed by atoms with Gasteiger partial charge in [0.05, 0.1) is 12.0 Å². The molecule has 0 aliphatic rings. The van der Waals surface area contributed by atoms with E-state index in [9.17, 15) is 12.8 Å². The van der Waals surface area contributed by atoms with Crippen LogP contribution in [0.2, 0.25) is 0 Å². The zero-order valence-electron chi connectivity index (χ0n) is 13.4. The standard InChI is InChI=1S/C17H18FNO4S/c1-13(19-22-11-12-23-24(2,20)21)14-3-5-15(6-4-14)16-7-9-17(18)10-8-16/h3-10H,11-12H2,1-2H3. The van der Waals surface area contributed by atoms with Gasteiger partial charge in [0.25, 0.3) is 10.1 Å². The van der Waals surface area contributed by atoms with Gasteiger partial charge in [-0.2, -0.15) is 8.42 Å². The molecule has 0 spiro atoms. The van der Waals surface area contributed by atoms with Crippen LogP contribution >= 0.6 is 0 Å². The van der Waals surface area contributed by atoms with Crippen molar-refractivity contribution in [3.05, 3.63) is 59.9 Å². The lowest BCUT2D eigenvalue weighted by Gasteiger charge is -2.05. The average Bonchev–Trinajstić information content (AvgIpc) is 2.54. The quantitative estimate of drug-likeness (QED) is 0.332. The highest BCUT2D eigenvalue weighted by molar-refractivity contribution is 7.85. The second kappa shape index (κ2) is 8.03. The fraction of sp³-hybridized carbons (Fsp3) is 0.235. The van der Waals surface area contributed by atoms with Gasteiger partial charge in [0.1, 0.15) is 19.0 Å². The first kappa shape index (κ1) is 18.1. The summed E-state index contributed by atoms with van der Waals surface area (Å²) in [7, 11) is -3.46. The van der Waals surface area contributed by atoms with Crippen molar-refractivity contribution in [2.45, 2.75) is 6.92 Å². The minimum absolute atomic E-state index is 0.0398. The van der Waals surface area contributed by atoms with Gasteiger partial charge in [-0.3, -0.25) is 4.18 Å². The molecule has 0 fully saturated rings. The first-order chi connectivity index (χ1) is 11.3. The van der Waals surface area contributed by atoms with E-state index >= 15 is 0 Å². The predicted octanol–water partition coefficient (Wildman–Crippen LogP) is 3.21. The number of nitrogens with zero attached hydrogens (tertiary/aromatic N) is 1. The van der Waals surface area contributed by atoms with Gasteiger partial charge in [0.2, 0.25) is 0 Å². The van der Waals surface area contributed by atoms with Crippen LogP contribution in [0.25, 0.3) is 11.1 Å². The molecule has 128 valence electrons. The molecule has 0 saturated heterocycles. The molecule has 0 radical (unpaired) electrons. The highest BCUT2D eigenvalue weighted by atomic mass is 32.2. The Morgan fingerprint density at radius 1 is 1.00 bits per heavy atom. The number of rotatable bonds is 7. The number of oxime groups is 1. The summed E-state index contributed by atoms with van der Waals surface area (Å²) in [6.07, 6.45) is 0.976. The molecule has 0 atom stereocenters. The lowest BCUT2D eigenvalue weighted by molar-refractivity contribution is 0.109. The molecule has 2 aromatic rings. The molecular weight excluding hydrogens is 333 g/mol. The van der Waals surface area contributed by atoms with Crippen LogP contribution in [-0.2, 0) is 19.1 Å². The largest absolute Gasteiger partial charge is 0.393 e. The molecule has 5 nitrogen and oxygen atoms in total. The Morgan fingerprint density at radius 3 is 2.08 bits per heavy atom. The van der Waals surface area contributed by atoms with Crippen molar-refractivity contribution in [3.63, 3.8) is 0 Å². The van der Waals surface area contributed by atoms with E-state index in [1.807, 2.05) is 24.3 Å². The van der Waals surface area contributed by atoms with E-state index < -0.39 is 10.1 Å². The average molecular weight is 351 g/mol. The van der Waals surface area contributed by atoms with Crippen molar-refractivity contribution in [2.75, 3.05) is 19.5 Å². The monoisotopic (exact) mass is 351 g/mol. The van der Waals surface area contributed by atoms with Gasteiger partial charge in [-0.15, -0.1) is 0 Å². The molecular formula is C17H18FNO4S. The zero-order valence-corrected chi connectivity index (χ0v) is 14.2. The fourth-order valence-corrected chi connectivity index (χ4v) is 2.33. The maximum Gasteiger partial charge on any atom is 0.264 e. The summed E-state index contributed by atoms with van der Waals surface area (Å²) in [6.45, 7) is 1.74. The van der Waals surface area contributed by atoms with Crippen LogP contribution in [0.1, 0.15) is 12.5 Å². The smallest absolute Gasteiger partial charge is 0.264 e. The Hall–Kier alpha value is -2.25. The van der Waals surface area contributed by atoms with Gasteiger partial charge >= 0.3 is 0 Å². The van der Waals surface area contributed by atoms with Crippen LogP contribution in [0.15, 0.2) is 53.7 Å². The van der Waals surface area contributed by atoms with Gasteiger partial charge in [0, 0.05) is 0 Å². The summed E-state index contributed by atoms with van der Waals surface area (Å²) in [4.78, 5) is 5.03. The number of hydrogen-bond donors (Lipinski definition) is 0. The van der Waals surface area contributed by atoms with Gasteiger partial charge in [0.15, 0.2) is 0 Å². The van der Waals surface area contributed by atoms with E-state index in [-0.39, 0.29) is 19.0 Å². The van der Waals surface area contributed by atoms with Gasteiger partial charge in [-0.25, -0.2) is 4.39 Å². The highest BCUT2D eigenvalue weighted by Gasteiger charge is 2.03. The second-order valence-corrected chi connectivity index (χ2v) is 6.76. The third-order valence-corrected chi connectivity index (χ3v) is 3.75. The van der Waals surface area contributed by atoms with Crippen molar-refractivity contribution in [2.24, 2.45) is 5.16 Å². The topological polar surface area (TPSA) is 65.0 Å². The van der Waals surface area contributed by atoms with E-state index in [0.717, 1.165) is 22.9 Å². The number of halogens is 1. The van der Waals surface area contributed by atoms with E-state index in [2.05, 4.69) is 9.34 Å². The molecule has 0 saturated carbocycles.